The highest BCUT2D eigenvalue weighted by Crippen LogP contribution is 2.37. The topological polar surface area (TPSA) is 81.7 Å². The van der Waals surface area contributed by atoms with Crippen molar-refractivity contribution in [1.29, 1.82) is 10.5 Å². The number of aryl methyl sites for hydroxylation is 2. The highest BCUT2D eigenvalue weighted by Gasteiger charge is 2.40. The molecule has 4 nitrogen and oxygen atoms in total. The number of hydrogen-bond donors (Lipinski definition) is 0. The lowest BCUT2D eigenvalue weighted by atomic mass is 9.89. The highest BCUT2D eigenvalue weighted by molar-refractivity contribution is 8.03. The number of rotatable bonds is 7. The summed E-state index contributed by atoms with van der Waals surface area (Å²) in [5.74, 6) is -2.00. The molecule has 0 fully saturated rings. The minimum Gasteiger partial charge on any atom is -0.253 e. The van der Waals surface area contributed by atoms with Crippen LogP contribution in [0.4, 0.5) is 0 Å². The number of halogens is 1. The van der Waals surface area contributed by atoms with E-state index in [4.69, 9.17) is 11.6 Å². The summed E-state index contributed by atoms with van der Waals surface area (Å²) >= 11 is 6.04. The fraction of sp³-hybridized carbons (Fsp3) is 0.200. The van der Waals surface area contributed by atoms with E-state index in [9.17, 15) is 18.9 Å². The van der Waals surface area contributed by atoms with Gasteiger partial charge in [0.25, 0.3) is 0 Å². The number of nitriles is 2. The van der Waals surface area contributed by atoms with E-state index in [1.54, 1.807) is 48.5 Å². The Hall–Kier alpha value is -2.77. The molecule has 3 aromatic rings. The van der Waals surface area contributed by atoms with E-state index in [0.717, 1.165) is 11.1 Å². The van der Waals surface area contributed by atoms with Gasteiger partial charge in [-0.15, -0.1) is 0 Å². The third-order valence-corrected chi connectivity index (χ3v) is 9.32. The first-order chi connectivity index (χ1) is 15.3. The summed E-state index contributed by atoms with van der Waals surface area (Å²) in [7, 11) is -3.52. The van der Waals surface area contributed by atoms with E-state index < -0.39 is 38.0 Å². The Morgan fingerprint density at radius 2 is 1.12 bits per heavy atom. The molecule has 0 heterocycles. The Kier molecular flexibility index (Phi) is 7.99. The van der Waals surface area contributed by atoms with Crippen molar-refractivity contribution in [3.63, 3.8) is 0 Å². The van der Waals surface area contributed by atoms with Gasteiger partial charge in [-0.3, -0.25) is 8.42 Å². The zero-order valence-electron chi connectivity index (χ0n) is 17.6. The summed E-state index contributed by atoms with van der Waals surface area (Å²) in [5, 5.41) is 20.0. The lowest BCUT2D eigenvalue weighted by Gasteiger charge is -2.27. The van der Waals surface area contributed by atoms with Gasteiger partial charge in [0.2, 0.25) is 0 Å². The minimum atomic E-state index is -1.76. The van der Waals surface area contributed by atoms with Gasteiger partial charge in [-0.05, 0) is 55.8 Å². The van der Waals surface area contributed by atoms with E-state index in [-0.39, 0.29) is 0 Å². The summed E-state index contributed by atoms with van der Waals surface area (Å²) in [6.07, 6.45) is 0. The molecule has 0 aliphatic heterocycles. The molecule has 0 aliphatic carbocycles. The van der Waals surface area contributed by atoms with Gasteiger partial charge in [-0.1, -0.05) is 59.1 Å². The number of nitrogens with zero attached hydrogens (tertiary/aromatic N) is 2. The molecule has 0 spiro atoms. The molecule has 3 aromatic carbocycles. The van der Waals surface area contributed by atoms with Crippen LogP contribution in [0.5, 0.6) is 0 Å². The molecule has 7 heteroatoms. The van der Waals surface area contributed by atoms with Gasteiger partial charge in [-0.2, -0.15) is 10.5 Å². The van der Waals surface area contributed by atoms with Crippen molar-refractivity contribution >= 4 is 33.2 Å². The van der Waals surface area contributed by atoms with E-state index >= 15 is 0 Å². The Balaban J connectivity index is 2.20. The van der Waals surface area contributed by atoms with Crippen molar-refractivity contribution < 1.29 is 8.42 Å². The fourth-order valence-corrected chi connectivity index (χ4v) is 7.27. The Labute approximate surface area is 198 Å². The second kappa shape index (κ2) is 10.7. The van der Waals surface area contributed by atoms with Crippen molar-refractivity contribution in [3.8, 4) is 12.1 Å². The van der Waals surface area contributed by atoms with Crippen LogP contribution in [-0.2, 0) is 21.6 Å². The first kappa shape index (κ1) is 23.9. The molecule has 0 saturated heterocycles. The Morgan fingerprint density at radius 1 is 0.719 bits per heavy atom. The third-order valence-electron chi connectivity index (χ3n) is 5.11. The molecule has 0 aliphatic rings. The molecule has 0 bridgehead atoms. The standard InChI is InChI=1S/C25H21ClN2O2S2/c1-17-3-11-22(12-4-17)31(29)25(32(30)23-13-5-18(2)6-14-23)24(20(15-27)16-28)19-7-9-21(26)10-8-19/h3-14,20,24-25H,1-2H3/t24-,25?,31?,32?/m0/s1. The molecule has 0 radical (unpaired) electrons. The van der Waals surface area contributed by atoms with Gasteiger partial charge in [0.1, 0.15) is 10.5 Å². The van der Waals surface area contributed by atoms with Crippen molar-refractivity contribution in [3.05, 3.63) is 94.5 Å². The van der Waals surface area contributed by atoms with Gasteiger partial charge in [0.05, 0.1) is 33.7 Å². The molecule has 32 heavy (non-hydrogen) atoms. The van der Waals surface area contributed by atoms with E-state index in [1.165, 1.54) is 0 Å². The van der Waals surface area contributed by atoms with Crippen LogP contribution >= 0.6 is 11.6 Å². The van der Waals surface area contributed by atoms with Crippen LogP contribution in [0.1, 0.15) is 22.6 Å². The smallest absolute Gasteiger partial charge is 0.142 e. The van der Waals surface area contributed by atoms with Crippen molar-refractivity contribution in [2.75, 3.05) is 0 Å². The predicted octanol–water partition coefficient (Wildman–Crippen LogP) is 5.65. The number of hydrogen-bond acceptors (Lipinski definition) is 4. The molecule has 3 rings (SSSR count). The highest BCUT2D eigenvalue weighted by atomic mass is 35.5. The normalized spacial score (nSPS) is 14.7. The molecule has 0 saturated carbocycles. The van der Waals surface area contributed by atoms with Crippen LogP contribution in [0.3, 0.4) is 0 Å². The van der Waals surface area contributed by atoms with Crippen molar-refractivity contribution in [1.82, 2.24) is 0 Å². The van der Waals surface area contributed by atoms with Crippen LogP contribution in [0.2, 0.25) is 5.02 Å². The zero-order chi connectivity index (χ0) is 23.3. The van der Waals surface area contributed by atoms with Gasteiger partial charge < -0.3 is 0 Å². The molecule has 2 unspecified atom stereocenters. The van der Waals surface area contributed by atoms with Gasteiger partial charge in [-0.25, -0.2) is 0 Å². The summed E-state index contributed by atoms with van der Waals surface area (Å²) in [5.41, 5.74) is 2.60. The average molecular weight is 481 g/mol. The maximum absolute atomic E-state index is 13.8. The Bertz CT molecular complexity index is 1140. The third kappa shape index (κ3) is 5.34. The lowest BCUT2D eigenvalue weighted by Crippen LogP contribution is -2.33. The quantitative estimate of drug-likeness (QED) is 0.437. The zero-order valence-corrected chi connectivity index (χ0v) is 20.0. The van der Waals surface area contributed by atoms with Gasteiger partial charge >= 0.3 is 0 Å². The summed E-state index contributed by atoms with van der Waals surface area (Å²) < 4.78 is 26.6. The Morgan fingerprint density at radius 3 is 1.50 bits per heavy atom. The van der Waals surface area contributed by atoms with E-state index in [0.29, 0.717) is 20.4 Å². The van der Waals surface area contributed by atoms with E-state index in [2.05, 4.69) is 0 Å². The van der Waals surface area contributed by atoms with Crippen LogP contribution in [0.15, 0.2) is 82.6 Å². The lowest BCUT2D eigenvalue weighted by molar-refractivity contribution is 0.612. The molecule has 0 N–H and O–H groups in total. The average Bonchev–Trinajstić information content (AvgIpc) is 2.80. The maximum atomic E-state index is 13.8. The summed E-state index contributed by atoms with van der Waals surface area (Å²) in [6, 6.07) is 25.0. The van der Waals surface area contributed by atoms with Gasteiger partial charge in [0, 0.05) is 20.7 Å². The first-order valence-corrected chi connectivity index (χ1v) is 12.6. The molecule has 0 aromatic heterocycles. The van der Waals surface area contributed by atoms with Crippen LogP contribution in [-0.4, -0.2) is 13.0 Å². The monoisotopic (exact) mass is 480 g/mol. The largest absolute Gasteiger partial charge is 0.253 e. The fourth-order valence-electron chi connectivity index (χ4n) is 3.34. The molecular formula is C25H21ClN2O2S2. The second-order valence-electron chi connectivity index (χ2n) is 7.40. The maximum Gasteiger partial charge on any atom is 0.142 e. The molecular weight excluding hydrogens is 460 g/mol. The number of benzene rings is 3. The van der Waals surface area contributed by atoms with Crippen molar-refractivity contribution in [2.45, 2.75) is 34.1 Å². The molecule has 3 atom stereocenters. The van der Waals surface area contributed by atoms with E-state index in [1.807, 2.05) is 50.3 Å². The molecule has 162 valence electrons. The van der Waals surface area contributed by atoms with Crippen molar-refractivity contribution in [2.24, 2.45) is 5.92 Å². The second-order valence-corrected chi connectivity index (χ2v) is 11.3. The summed E-state index contributed by atoms with van der Waals surface area (Å²) in [6.45, 7) is 3.85. The van der Waals surface area contributed by atoms with Gasteiger partial charge in [0.15, 0.2) is 0 Å². The minimum absolute atomic E-state index is 0.494. The summed E-state index contributed by atoms with van der Waals surface area (Å²) in [4.78, 5) is 0.990. The van der Waals surface area contributed by atoms with Crippen LogP contribution < -0.4 is 0 Å². The predicted molar refractivity (Wildman–Crippen MR) is 128 cm³/mol. The SMILES string of the molecule is Cc1ccc(S(=O)C([C@@H](c2ccc(Cl)cc2)C(C#N)C#N)S(=O)c2ccc(C)cc2)cc1. The van der Waals surface area contributed by atoms with Crippen LogP contribution in [0.25, 0.3) is 0 Å². The first-order valence-electron chi connectivity index (χ1n) is 9.85. The molecule has 0 amide bonds. The van der Waals surface area contributed by atoms with Crippen LogP contribution in [0, 0.1) is 42.4 Å².